The van der Waals surface area contributed by atoms with Gasteiger partial charge in [-0.05, 0) is 18.2 Å². The van der Waals surface area contributed by atoms with Crippen LogP contribution < -0.4 is 9.47 Å². The smallest absolute Gasteiger partial charge is 0.449 e. The summed E-state index contributed by atoms with van der Waals surface area (Å²) in [5.74, 6) is -1.03. The topological polar surface area (TPSA) is 81.5 Å². The van der Waals surface area contributed by atoms with E-state index in [2.05, 4.69) is 14.7 Å². The number of alkyl halides is 3. The molecule has 0 aliphatic heterocycles. The average molecular weight is 411 g/mol. The first kappa shape index (κ1) is 19.4. The standard InChI is InChI=1S/C18H10ClF3N2O4/c19-12-7-6-11(18(20,21)22)8-13(12)27-16-14(28-17(25)26)9-23-15(24-16)10-4-2-1-3-5-10/h1-9H,(H,25,26). The molecule has 0 bridgehead atoms. The first-order valence-electron chi connectivity index (χ1n) is 7.62. The summed E-state index contributed by atoms with van der Waals surface area (Å²) in [6.07, 6.45) is -5.25. The van der Waals surface area contributed by atoms with Crippen molar-refractivity contribution in [3.63, 3.8) is 0 Å². The summed E-state index contributed by atoms with van der Waals surface area (Å²) in [7, 11) is 0. The number of aromatic nitrogens is 2. The number of halogens is 4. The van der Waals surface area contributed by atoms with Crippen LogP contribution >= 0.6 is 11.6 Å². The molecule has 0 unspecified atom stereocenters. The first-order chi connectivity index (χ1) is 13.2. The molecule has 1 N–H and O–H groups in total. The van der Waals surface area contributed by atoms with Gasteiger partial charge in [0, 0.05) is 5.56 Å². The van der Waals surface area contributed by atoms with E-state index in [4.69, 9.17) is 21.4 Å². The molecule has 6 nitrogen and oxygen atoms in total. The van der Waals surface area contributed by atoms with Crippen molar-refractivity contribution in [2.75, 3.05) is 0 Å². The van der Waals surface area contributed by atoms with E-state index in [0.29, 0.717) is 11.6 Å². The van der Waals surface area contributed by atoms with Crippen LogP contribution in [-0.2, 0) is 6.18 Å². The van der Waals surface area contributed by atoms with Crippen molar-refractivity contribution in [1.29, 1.82) is 0 Å². The van der Waals surface area contributed by atoms with Gasteiger partial charge in [0.2, 0.25) is 5.75 Å². The van der Waals surface area contributed by atoms with E-state index in [1.165, 1.54) is 0 Å². The van der Waals surface area contributed by atoms with Gasteiger partial charge < -0.3 is 14.6 Å². The van der Waals surface area contributed by atoms with Gasteiger partial charge in [0.1, 0.15) is 5.75 Å². The molecule has 0 amide bonds. The molecule has 3 aromatic rings. The van der Waals surface area contributed by atoms with Crippen molar-refractivity contribution in [1.82, 2.24) is 9.97 Å². The second-order valence-electron chi connectivity index (χ2n) is 5.34. The minimum atomic E-state index is -4.62. The van der Waals surface area contributed by atoms with Gasteiger partial charge in [-0.15, -0.1) is 0 Å². The lowest BCUT2D eigenvalue weighted by atomic mass is 10.2. The average Bonchev–Trinajstić information content (AvgIpc) is 2.64. The molecule has 1 aromatic heterocycles. The monoisotopic (exact) mass is 410 g/mol. The van der Waals surface area contributed by atoms with Crippen LogP contribution in [0, 0.1) is 0 Å². The minimum absolute atomic E-state index is 0.130. The fourth-order valence-corrected chi connectivity index (χ4v) is 2.34. The van der Waals surface area contributed by atoms with E-state index in [1.54, 1.807) is 30.3 Å². The maximum absolute atomic E-state index is 12.9. The maximum Gasteiger partial charge on any atom is 0.511 e. The van der Waals surface area contributed by atoms with E-state index >= 15 is 0 Å². The highest BCUT2D eigenvalue weighted by Gasteiger charge is 2.31. The third-order valence-corrected chi connectivity index (χ3v) is 3.73. The SMILES string of the molecule is O=C(O)Oc1cnc(-c2ccccc2)nc1Oc1cc(C(F)(F)F)ccc1Cl. The molecule has 0 fully saturated rings. The second-order valence-corrected chi connectivity index (χ2v) is 5.75. The normalized spacial score (nSPS) is 11.1. The van der Waals surface area contributed by atoms with Crippen LogP contribution in [0.5, 0.6) is 17.4 Å². The number of carbonyl (C=O) groups is 1. The number of carboxylic acid groups (broad SMARTS) is 1. The molecule has 0 saturated carbocycles. The van der Waals surface area contributed by atoms with Crippen LogP contribution in [0.4, 0.5) is 18.0 Å². The predicted octanol–water partition coefficient (Wildman–Crippen LogP) is 5.66. The van der Waals surface area contributed by atoms with Crippen LogP contribution in [0.3, 0.4) is 0 Å². The van der Waals surface area contributed by atoms with Gasteiger partial charge in [-0.1, -0.05) is 41.9 Å². The number of hydrogen-bond acceptors (Lipinski definition) is 5. The summed E-state index contributed by atoms with van der Waals surface area (Å²) in [6.45, 7) is 0. The zero-order valence-electron chi connectivity index (χ0n) is 13.8. The van der Waals surface area contributed by atoms with Gasteiger partial charge in [-0.3, -0.25) is 0 Å². The van der Waals surface area contributed by atoms with Crippen molar-refractivity contribution < 1.29 is 32.5 Å². The van der Waals surface area contributed by atoms with Gasteiger partial charge in [-0.25, -0.2) is 9.78 Å². The third kappa shape index (κ3) is 4.49. The highest BCUT2D eigenvalue weighted by atomic mass is 35.5. The third-order valence-electron chi connectivity index (χ3n) is 3.42. The Morgan fingerprint density at radius 1 is 1.07 bits per heavy atom. The van der Waals surface area contributed by atoms with Crippen molar-refractivity contribution in [2.45, 2.75) is 6.18 Å². The maximum atomic E-state index is 12.9. The fraction of sp³-hybridized carbons (Fsp3) is 0.0556. The van der Waals surface area contributed by atoms with Crippen molar-refractivity contribution >= 4 is 17.8 Å². The Hall–Kier alpha value is -3.33. The molecule has 0 radical (unpaired) electrons. The number of ether oxygens (including phenoxy) is 2. The van der Waals surface area contributed by atoms with E-state index in [1.807, 2.05) is 0 Å². The van der Waals surface area contributed by atoms with Gasteiger partial charge in [0.15, 0.2) is 5.82 Å². The quantitative estimate of drug-likeness (QED) is 0.558. The van der Waals surface area contributed by atoms with E-state index < -0.39 is 29.5 Å². The predicted molar refractivity (Wildman–Crippen MR) is 92.6 cm³/mol. The molecule has 0 atom stereocenters. The van der Waals surface area contributed by atoms with Gasteiger partial charge >= 0.3 is 12.3 Å². The van der Waals surface area contributed by atoms with Crippen molar-refractivity contribution in [3.05, 3.63) is 65.3 Å². The van der Waals surface area contributed by atoms with E-state index in [-0.39, 0.29) is 16.6 Å². The van der Waals surface area contributed by atoms with E-state index in [9.17, 15) is 18.0 Å². The number of benzene rings is 2. The van der Waals surface area contributed by atoms with Crippen LogP contribution in [0.15, 0.2) is 54.7 Å². The summed E-state index contributed by atoms with van der Waals surface area (Å²) in [6, 6.07) is 11.1. The molecular weight excluding hydrogens is 401 g/mol. The number of hydrogen-bond donors (Lipinski definition) is 1. The highest BCUT2D eigenvalue weighted by molar-refractivity contribution is 6.32. The molecule has 28 heavy (non-hydrogen) atoms. The van der Waals surface area contributed by atoms with Gasteiger partial charge in [-0.2, -0.15) is 18.2 Å². The summed E-state index contributed by atoms with van der Waals surface area (Å²) < 4.78 is 48.8. The van der Waals surface area contributed by atoms with Crippen LogP contribution in [0.25, 0.3) is 11.4 Å². The summed E-state index contributed by atoms with van der Waals surface area (Å²) in [4.78, 5) is 18.9. The Balaban J connectivity index is 2.05. The Bertz CT molecular complexity index is 1010. The molecular formula is C18H10ClF3N2O4. The lowest BCUT2D eigenvalue weighted by Crippen LogP contribution is -2.07. The molecule has 0 aliphatic rings. The fourth-order valence-electron chi connectivity index (χ4n) is 2.18. The number of nitrogens with zero attached hydrogens (tertiary/aromatic N) is 2. The summed E-state index contributed by atoms with van der Waals surface area (Å²) in [5, 5.41) is 8.71. The minimum Gasteiger partial charge on any atom is -0.449 e. The first-order valence-corrected chi connectivity index (χ1v) is 7.99. The lowest BCUT2D eigenvalue weighted by Gasteiger charge is -2.13. The molecule has 3 rings (SSSR count). The summed E-state index contributed by atoms with van der Waals surface area (Å²) >= 11 is 5.92. The van der Waals surface area contributed by atoms with E-state index in [0.717, 1.165) is 18.3 Å². The Morgan fingerprint density at radius 3 is 2.43 bits per heavy atom. The van der Waals surface area contributed by atoms with Crippen molar-refractivity contribution in [3.8, 4) is 28.8 Å². The Kier molecular flexibility index (Phi) is 5.36. The molecule has 1 heterocycles. The zero-order valence-corrected chi connectivity index (χ0v) is 14.5. The van der Waals surface area contributed by atoms with Gasteiger partial charge in [0.05, 0.1) is 16.8 Å². The Labute approximate surface area is 161 Å². The molecule has 0 saturated heterocycles. The van der Waals surface area contributed by atoms with Crippen molar-refractivity contribution in [2.24, 2.45) is 0 Å². The summed E-state index contributed by atoms with van der Waals surface area (Å²) in [5.41, 5.74) is -0.422. The Morgan fingerprint density at radius 2 is 1.79 bits per heavy atom. The molecule has 144 valence electrons. The molecule has 10 heteroatoms. The molecule has 0 aliphatic carbocycles. The number of rotatable bonds is 4. The van der Waals surface area contributed by atoms with Crippen LogP contribution in [-0.4, -0.2) is 21.2 Å². The second kappa shape index (κ2) is 7.73. The van der Waals surface area contributed by atoms with Crippen LogP contribution in [0.1, 0.15) is 5.56 Å². The zero-order chi connectivity index (χ0) is 20.3. The highest BCUT2D eigenvalue weighted by Crippen LogP contribution is 2.38. The lowest BCUT2D eigenvalue weighted by molar-refractivity contribution is -0.137. The molecule has 2 aromatic carbocycles. The molecule has 0 spiro atoms. The largest absolute Gasteiger partial charge is 0.511 e. The van der Waals surface area contributed by atoms with Gasteiger partial charge in [0.25, 0.3) is 5.88 Å². The van der Waals surface area contributed by atoms with Crippen LogP contribution in [0.2, 0.25) is 5.02 Å².